The SMILES string of the molecule is Fc1ccc(Cn2c(CCCl)nc3ccccc32)cc1Cl. The van der Waals surface area contributed by atoms with Crippen LogP contribution in [0.15, 0.2) is 42.5 Å². The van der Waals surface area contributed by atoms with Gasteiger partial charge in [0, 0.05) is 18.8 Å². The Morgan fingerprint density at radius 3 is 2.71 bits per heavy atom. The van der Waals surface area contributed by atoms with Gasteiger partial charge in [0.25, 0.3) is 0 Å². The molecule has 108 valence electrons. The largest absolute Gasteiger partial charge is 0.323 e. The van der Waals surface area contributed by atoms with Crippen LogP contribution in [0.4, 0.5) is 4.39 Å². The first kappa shape index (κ1) is 14.4. The lowest BCUT2D eigenvalue weighted by molar-refractivity contribution is 0.626. The Kier molecular flexibility index (Phi) is 4.13. The summed E-state index contributed by atoms with van der Waals surface area (Å²) in [5, 5.41) is 0.135. The van der Waals surface area contributed by atoms with Crippen LogP contribution in [0.5, 0.6) is 0 Å². The average molecular weight is 323 g/mol. The predicted octanol–water partition coefficient (Wildman–Crippen LogP) is 4.66. The van der Waals surface area contributed by atoms with Gasteiger partial charge in [0.2, 0.25) is 0 Å². The molecule has 5 heteroatoms. The Labute approximate surface area is 132 Å². The van der Waals surface area contributed by atoms with E-state index in [4.69, 9.17) is 23.2 Å². The molecule has 0 aliphatic heterocycles. The topological polar surface area (TPSA) is 17.8 Å². The van der Waals surface area contributed by atoms with Crippen molar-refractivity contribution in [3.63, 3.8) is 0 Å². The summed E-state index contributed by atoms with van der Waals surface area (Å²) in [6.07, 6.45) is 0.686. The number of alkyl halides is 1. The molecule has 3 rings (SSSR count). The number of rotatable bonds is 4. The molecule has 0 radical (unpaired) electrons. The lowest BCUT2D eigenvalue weighted by atomic mass is 10.2. The molecule has 0 N–H and O–H groups in total. The molecule has 0 atom stereocenters. The van der Waals surface area contributed by atoms with Gasteiger partial charge in [-0.3, -0.25) is 0 Å². The summed E-state index contributed by atoms with van der Waals surface area (Å²) in [6.45, 7) is 0.590. The smallest absolute Gasteiger partial charge is 0.141 e. The summed E-state index contributed by atoms with van der Waals surface area (Å²) in [7, 11) is 0. The van der Waals surface area contributed by atoms with Gasteiger partial charge in [-0.15, -0.1) is 11.6 Å². The quantitative estimate of drug-likeness (QED) is 0.639. The van der Waals surface area contributed by atoms with Gasteiger partial charge in [-0.1, -0.05) is 29.8 Å². The van der Waals surface area contributed by atoms with E-state index in [2.05, 4.69) is 9.55 Å². The van der Waals surface area contributed by atoms with Gasteiger partial charge < -0.3 is 4.57 Å². The van der Waals surface area contributed by atoms with Crippen molar-refractivity contribution in [3.8, 4) is 0 Å². The summed E-state index contributed by atoms with van der Waals surface area (Å²) in [4.78, 5) is 4.61. The molecule has 1 aromatic heterocycles. The number of imidazole rings is 1. The second-order valence-electron chi connectivity index (χ2n) is 4.79. The van der Waals surface area contributed by atoms with Crippen molar-refractivity contribution in [1.82, 2.24) is 9.55 Å². The van der Waals surface area contributed by atoms with Crippen LogP contribution in [0.1, 0.15) is 11.4 Å². The fourth-order valence-electron chi connectivity index (χ4n) is 2.40. The highest BCUT2D eigenvalue weighted by Gasteiger charge is 2.11. The van der Waals surface area contributed by atoms with Gasteiger partial charge in [-0.05, 0) is 29.8 Å². The van der Waals surface area contributed by atoms with Gasteiger partial charge in [0.1, 0.15) is 11.6 Å². The zero-order valence-corrected chi connectivity index (χ0v) is 12.7. The molecule has 0 aliphatic carbocycles. The van der Waals surface area contributed by atoms with Crippen molar-refractivity contribution in [2.45, 2.75) is 13.0 Å². The van der Waals surface area contributed by atoms with Gasteiger partial charge in [-0.25, -0.2) is 9.37 Å². The molecule has 0 bridgehead atoms. The molecule has 1 heterocycles. The number of nitrogens with zero attached hydrogens (tertiary/aromatic N) is 2. The van der Waals surface area contributed by atoms with Gasteiger partial charge in [0.05, 0.1) is 16.1 Å². The second kappa shape index (κ2) is 6.04. The first-order valence-corrected chi connectivity index (χ1v) is 7.54. The van der Waals surface area contributed by atoms with Gasteiger partial charge >= 0.3 is 0 Å². The maximum Gasteiger partial charge on any atom is 0.141 e. The van der Waals surface area contributed by atoms with Crippen molar-refractivity contribution < 1.29 is 4.39 Å². The summed E-state index contributed by atoms with van der Waals surface area (Å²) >= 11 is 11.7. The molecule has 0 aliphatic rings. The van der Waals surface area contributed by atoms with E-state index >= 15 is 0 Å². The van der Waals surface area contributed by atoms with Gasteiger partial charge in [0.15, 0.2) is 0 Å². The molecule has 0 spiro atoms. The first-order valence-electron chi connectivity index (χ1n) is 6.63. The summed E-state index contributed by atoms with van der Waals surface area (Å²) in [5.74, 6) is 1.02. The maximum atomic E-state index is 13.3. The molecular formula is C16H13Cl2FN2. The van der Waals surface area contributed by atoms with Crippen LogP contribution in [0.2, 0.25) is 5.02 Å². The molecule has 3 aromatic rings. The zero-order valence-electron chi connectivity index (χ0n) is 11.2. The number of aromatic nitrogens is 2. The van der Waals surface area contributed by atoms with Crippen LogP contribution in [-0.2, 0) is 13.0 Å². The number of benzene rings is 2. The summed E-state index contributed by atoms with van der Waals surface area (Å²) < 4.78 is 15.4. The Hall–Kier alpha value is -1.58. The van der Waals surface area contributed by atoms with Crippen LogP contribution in [-0.4, -0.2) is 15.4 Å². The number of fused-ring (bicyclic) bond motifs is 1. The first-order chi connectivity index (χ1) is 10.2. The van der Waals surface area contributed by atoms with Gasteiger partial charge in [-0.2, -0.15) is 0 Å². The molecule has 0 unspecified atom stereocenters. The number of para-hydroxylation sites is 2. The summed E-state index contributed by atoms with van der Waals surface area (Å²) in [5.41, 5.74) is 2.91. The second-order valence-corrected chi connectivity index (χ2v) is 5.58. The van der Waals surface area contributed by atoms with Crippen molar-refractivity contribution in [2.75, 3.05) is 5.88 Å². The highest BCUT2D eigenvalue weighted by molar-refractivity contribution is 6.30. The number of aryl methyl sites for hydroxylation is 1. The standard InChI is InChI=1S/C16H13Cl2FN2/c17-8-7-16-20-14-3-1-2-4-15(14)21(16)10-11-5-6-13(19)12(18)9-11/h1-6,9H,7-8,10H2. The monoisotopic (exact) mass is 322 g/mol. The molecular weight excluding hydrogens is 310 g/mol. The van der Waals surface area contributed by atoms with Crippen LogP contribution < -0.4 is 0 Å². The lowest BCUT2D eigenvalue weighted by Crippen LogP contribution is -2.06. The lowest BCUT2D eigenvalue weighted by Gasteiger charge is -2.09. The number of halogens is 3. The highest BCUT2D eigenvalue weighted by atomic mass is 35.5. The normalized spacial score (nSPS) is 11.2. The fourth-order valence-corrected chi connectivity index (χ4v) is 2.77. The minimum Gasteiger partial charge on any atom is -0.323 e. The zero-order chi connectivity index (χ0) is 14.8. The van der Waals surface area contributed by atoms with E-state index in [1.807, 2.05) is 24.3 Å². The van der Waals surface area contributed by atoms with Crippen LogP contribution >= 0.6 is 23.2 Å². The average Bonchev–Trinajstić information content (AvgIpc) is 2.81. The van der Waals surface area contributed by atoms with E-state index in [-0.39, 0.29) is 5.02 Å². The third kappa shape index (κ3) is 2.89. The minimum absolute atomic E-state index is 0.135. The molecule has 0 fully saturated rings. The van der Waals surface area contributed by atoms with E-state index in [1.165, 1.54) is 6.07 Å². The predicted molar refractivity (Wildman–Crippen MR) is 84.7 cm³/mol. The van der Waals surface area contributed by atoms with Crippen molar-refractivity contribution in [3.05, 3.63) is 64.7 Å². The minimum atomic E-state index is -0.406. The third-order valence-electron chi connectivity index (χ3n) is 3.38. The van der Waals surface area contributed by atoms with E-state index in [0.29, 0.717) is 18.8 Å². The Morgan fingerprint density at radius 1 is 1.14 bits per heavy atom. The number of hydrogen-bond acceptors (Lipinski definition) is 1. The summed E-state index contributed by atoms with van der Waals surface area (Å²) in [6, 6.07) is 12.7. The molecule has 21 heavy (non-hydrogen) atoms. The van der Waals surface area contributed by atoms with E-state index in [1.54, 1.807) is 12.1 Å². The molecule has 0 saturated carbocycles. The number of hydrogen-bond donors (Lipinski definition) is 0. The fraction of sp³-hybridized carbons (Fsp3) is 0.188. The van der Waals surface area contributed by atoms with Crippen molar-refractivity contribution >= 4 is 34.2 Å². The Balaban J connectivity index is 2.05. The Morgan fingerprint density at radius 2 is 1.95 bits per heavy atom. The Bertz CT molecular complexity index is 783. The van der Waals surface area contributed by atoms with Crippen molar-refractivity contribution in [1.29, 1.82) is 0 Å². The van der Waals surface area contributed by atoms with E-state index in [0.717, 1.165) is 22.4 Å². The molecule has 2 nitrogen and oxygen atoms in total. The van der Waals surface area contributed by atoms with E-state index < -0.39 is 5.82 Å². The molecule has 2 aromatic carbocycles. The van der Waals surface area contributed by atoms with Crippen LogP contribution in [0, 0.1) is 5.82 Å². The maximum absolute atomic E-state index is 13.3. The van der Waals surface area contributed by atoms with Crippen LogP contribution in [0.25, 0.3) is 11.0 Å². The highest BCUT2D eigenvalue weighted by Crippen LogP contribution is 2.21. The van der Waals surface area contributed by atoms with Crippen molar-refractivity contribution in [2.24, 2.45) is 0 Å². The molecule has 0 saturated heterocycles. The molecule has 0 amide bonds. The van der Waals surface area contributed by atoms with E-state index in [9.17, 15) is 4.39 Å². The third-order valence-corrected chi connectivity index (χ3v) is 3.86. The van der Waals surface area contributed by atoms with Crippen LogP contribution in [0.3, 0.4) is 0 Å².